The number of rotatable bonds is 9. The number of carbonyl (C=O) groups is 5. The van der Waals surface area contributed by atoms with Gasteiger partial charge in [-0.05, 0) is 58.1 Å². The van der Waals surface area contributed by atoms with Gasteiger partial charge in [0.05, 0.1) is 11.8 Å². The van der Waals surface area contributed by atoms with Crippen molar-refractivity contribution >= 4 is 29.8 Å². The highest BCUT2D eigenvalue weighted by molar-refractivity contribution is 5.88. The second kappa shape index (κ2) is 12.6. The molecule has 1 heterocycles. The molecule has 1 aliphatic heterocycles. The summed E-state index contributed by atoms with van der Waals surface area (Å²) in [7, 11) is 0. The number of allylic oxidation sites excluding steroid dienone is 1. The molecule has 2 N–H and O–H groups in total. The highest BCUT2D eigenvalue weighted by Gasteiger charge is 2.76. The van der Waals surface area contributed by atoms with Crippen molar-refractivity contribution < 1.29 is 57.9 Å². The molecule has 0 amide bonds. The first kappa shape index (κ1) is 35.2. The maximum atomic E-state index is 13.2. The average Bonchev–Trinajstić information content (AvgIpc) is 3.25. The summed E-state index contributed by atoms with van der Waals surface area (Å²) in [4.78, 5) is 65.0. The Kier molecular flexibility index (Phi) is 10.1. The fraction of sp³-hybridized carbons (Fsp3) is 0.719. The van der Waals surface area contributed by atoms with E-state index < -0.39 is 89.3 Å². The number of hydrogen-bond donors (Lipinski definition) is 2. The van der Waals surface area contributed by atoms with Gasteiger partial charge in [0.2, 0.25) is 0 Å². The standard InChI is InChI=1S/C32H46O12/c1-11-16(5)27(35)40-20-14-30(9,44-19(8)33)23-22(26-32(20,39)31(10,38)29(37)43-26)18(7)24(42-28(36)17(6)12-2)25(23)41-21(34)13-15(3)4/h12,15-16,20,23-26,38-39H,11,13-14H2,1-10H3/b17-12-. The SMILES string of the molecule is C/C=C(/C)C(=O)OC1C(C)=C2C(C1OC(=O)CC(C)C)C(C)(OC(C)=O)CC(OC(=O)C(C)CC)C1(O)C2OC(=O)C1(C)O. The van der Waals surface area contributed by atoms with Gasteiger partial charge in [0, 0.05) is 25.3 Å². The van der Waals surface area contributed by atoms with Gasteiger partial charge in [-0.25, -0.2) is 9.59 Å². The zero-order valence-corrected chi connectivity index (χ0v) is 27.2. The summed E-state index contributed by atoms with van der Waals surface area (Å²) < 4.78 is 29.2. The number of hydrogen-bond acceptors (Lipinski definition) is 12. The van der Waals surface area contributed by atoms with Crippen LogP contribution >= 0.6 is 0 Å². The lowest BCUT2D eigenvalue weighted by molar-refractivity contribution is -0.214. The van der Waals surface area contributed by atoms with Crippen molar-refractivity contribution in [3.05, 3.63) is 22.8 Å². The Morgan fingerprint density at radius 1 is 1.07 bits per heavy atom. The largest absolute Gasteiger partial charge is 0.459 e. The molecule has 0 spiro atoms. The Bertz CT molecular complexity index is 1260. The van der Waals surface area contributed by atoms with Crippen molar-refractivity contribution in [2.45, 2.75) is 130 Å². The van der Waals surface area contributed by atoms with Crippen molar-refractivity contribution in [3.63, 3.8) is 0 Å². The van der Waals surface area contributed by atoms with E-state index in [1.807, 2.05) is 13.8 Å². The summed E-state index contributed by atoms with van der Waals surface area (Å²) in [5, 5.41) is 23.9. The Morgan fingerprint density at radius 2 is 1.68 bits per heavy atom. The second-order valence-electron chi connectivity index (χ2n) is 13.0. The van der Waals surface area contributed by atoms with E-state index in [-0.39, 0.29) is 29.1 Å². The summed E-state index contributed by atoms with van der Waals surface area (Å²) in [6.45, 7) is 15.5. The van der Waals surface area contributed by atoms with Crippen molar-refractivity contribution in [2.75, 3.05) is 0 Å². The van der Waals surface area contributed by atoms with Gasteiger partial charge < -0.3 is 33.9 Å². The predicted octanol–water partition coefficient (Wildman–Crippen LogP) is 2.86. The van der Waals surface area contributed by atoms with Gasteiger partial charge in [-0.1, -0.05) is 33.8 Å². The second-order valence-corrected chi connectivity index (χ2v) is 13.0. The highest BCUT2D eigenvalue weighted by Crippen LogP contribution is 2.57. The van der Waals surface area contributed by atoms with Crippen LogP contribution in [-0.4, -0.2) is 81.3 Å². The molecule has 0 aromatic heterocycles. The molecule has 1 saturated carbocycles. The lowest BCUT2D eigenvalue weighted by Crippen LogP contribution is -2.64. The van der Waals surface area contributed by atoms with Gasteiger partial charge in [-0.15, -0.1) is 0 Å². The van der Waals surface area contributed by atoms with Crippen LogP contribution < -0.4 is 0 Å². The molecule has 0 radical (unpaired) electrons. The van der Waals surface area contributed by atoms with Gasteiger partial charge in [-0.3, -0.25) is 14.4 Å². The molecule has 12 heteroatoms. The summed E-state index contributed by atoms with van der Waals surface area (Å²) in [6, 6.07) is 0. The minimum Gasteiger partial charge on any atom is -0.459 e. The third-order valence-corrected chi connectivity index (χ3v) is 9.15. The van der Waals surface area contributed by atoms with E-state index in [1.54, 1.807) is 40.7 Å². The number of esters is 5. The Balaban J connectivity index is 2.34. The van der Waals surface area contributed by atoms with Gasteiger partial charge in [0.1, 0.15) is 11.7 Å². The minimum atomic E-state index is -2.59. The normalized spacial score (nSPS) is 35.7. The molecule has 44 heavy (non-hydrogen) atoms. The molecule has 0 bridgehead atoms. The van der Waals surface area contributed by atoms with Crippen LogP contribution in [0.1, 0.15) is 88.5 Å². The van der Waals surface area contributed by atoms with Crippen LogP contribution in [-0.2, 0) is 47.7 Å². The summed E-state index contributed by atoms with van der Waals surface area (Å²) in [5.41, 5.74) is -6.19. The molecule has 0 aromatic carbocycles. The van der Waals surface area contributed by atoms with E-state index in [9.17, 15) is 34.2 Å². The molecule has 2 fully saturated rings. The van der Waals surface area contributed by atoms with Crippen LogP contribution in [0.3, 0.4) is 0 Å². The number of fused-ring (bicyclic) bond motifs is 3. The molecule has 9 atom stereocenters. The average molecular weight is 623 g/mol. The predicted molar refractivity (Wildman–Crippen MR) is 154 cm³/mol. The molecule has 3 aliphatic rings. The van der Waals surface area contributed by atoms with Crippen LogP contribution in [0.15, 0.2) is 22.8 Å². The number of aliphatic hydroxyl groups is 2. The van der Waals surface area contributed by atoms with E-state index in [0.717, 1.165) is 6.92 Å². The first-order valence-electron chi connectivity index (χ1n) is 15.1. The monoisotopic (exact) mass is 622 g/mol. The third-order valence-electron chi connectivity index (χ3n) is 9.15. The van der Waals surface area contributed by atoms with Crippen molar-refractivity contribution in [1.29, 1.82) is 0 Å². The van der Waals surface area contributed by atoms with Crippen LogP contribution in [0, 0.1) is 17.8 Å². The smallest absolute Gasteiger partial charge is 0.341 e. The zero-order chi connectivity index (χ0) is 33.5. The van der Waals surface area contributed by atoms with Crippen LogP contribution in [0.25, 0.3) is 0 Å². The van der Waals surface area contributed by atoms with Gasteiger partial charge in [-0.2, -0.15) is 0 Å². The van der Waals surface area contributed by atoms with Crippen LogP contribution in [0.4, 0.5) is 0 Å². The lowest BCUT2D eigenvalue weighted by Gasteiger charge is -2.42. The van der Waals surface area contributed by atoms with Crippen molar-refractivity contribution in [3.8, 4) is 0 Å². The molecular weight excluding hydrogens is 576 g/mol. The van der Waals surface area contributed by atoms with Crippen LogP contribution in [0.2, 0.25) is 0 Å². The molecule has 9 unspecified atom stereocenters. The van der Waals surface area contributed by atoms with E-state index in [1.165, 1.54) is 13.8 Å². The summed E-state index contributed by atoms with van der Waals surface area (Å²) >= 11 is 0. The van der Waals surface area contributed by atoms with Crippen molar-refractivity contribution in [2.24, 2.45) is 17.8 Å². The lowest BCUT2D eigenvalue weighted by atomic mass is 9.75. The molecule has 12 nitrogen and oxygen atoms in total. The minimum absolute atomic E-state index is 0.0165. The van der Waals surface area contributed by atoms with Gasteiger partial charge >= 0.3 is 29.8 Å². The quantitative estimate of drug-likeness (QED) is 0.167. The summed E-state index contributed by atoms with van der Waals surface area (Å²) in [5.74, 6) is -5.81. The van der Waals surface area contributed by atoms with Crippen LogP contribution in [0.5, 0.6) is 0 Å². The van der Waals surface area contributed by atoms with E-state index in [0.29, 0.717) is 6.42 Å². The van der Waals surface area contributed by atoms with Crippen molar-refractivity contribution in [1.82, 2.24) is 0 Å². The third kappa shape index (κ3) is 6.02. The Hall–Kier alpha value is -3.25. The Morgan fingerprint density at radius 3 is 2.20 bits per heavy atom. The molecule has 2 aliphatic carbocycles. The number of ether oxygens (including phenoxy) is 5. The Labute approximate surface area is 258 Å². The first-order chi connectivity index (χ1) is 20.3. The maximum Gasteiger partial charge on any atom is 0.341 e. The highest BCUT2D eigenvalue weighted by atomic mass is 16.6. The van der Waals surface area contributed by atoms with Gasteiger partial charge in [0.25, 0.3) is 0 Å². The fourth-order valence-corrected chi connectivity index (χ4v) is 6.35. The number of carbonyl (C=O) groups excluding carboxylic acids is 5. The van der Waals surface area contributed by atoms with E-state index >= 15 is 0 Å². The zero-order valence-electron chi connectivity index (χ0n) is 27.2. The summed E-state index contributed by atoms with van der Waals surface area (Å²) in [6.07, 6.45) is -4.27. The molecule has 246 valence electrons. The maximum absolute atomic E-state index is 13.2. The van der Waals surface area contributed by atoms with Gasteiger partial charge in [0.15, 0.2) is 29.5 Å². The molecule has 3 rings (SSSR count). The van der Waals surface area contributed by atoms with E-state index in [2.05, 4.69) is 0 Å². The molecule has 0 aromatic rings. The fourth-order valence-electron chi connectivity index (χ4n) is 6.35. The van der Waals surface area contributed by atoms with E-state index in [4.69, 9.17) is 23.7 Å². The first-order valence-corrected chi connectivity index (χ1v) is 15.1. The molecule has 1 saturated heterocycles. The molecular formula is C32H46O12. The topological polar surface area (TPSA) is 172 Å².